The highest BCUT2D eigenvalue weighted by molar-refractivity contribution is 5.94. The maximum Gasteiger partial charge on any atom is 0.257 e. The molecule has 0 saturated carbocycles. The van der Waals surface area contributed by atoms with Gasteiger partial charge in [0, 0.05) is 19.5 Å². The summed E-state index contributed by atoms with van der Waals surface area (Å²) in [6.45, 7) is 1.34. The summed E-state index contributed by atoms with van der Waals surface area (Å²) in [6.07, 6.45) is 5.51. The first-order valence-corrected chi connectivity index (χ1v) is 6.35. The summed E-state index contributed by atoms with van der Waals surface area (Å²) in [6, 6.07) is 1.80. The zero-order valence-electron chi connectivity index (χ0n) is 10.1. The highest BCUT2D eigenvalue weighted by atomic mass is 16.3. The Kier molecular flexibility index (Phi) is 2.81. The van der Waals surface area contributed by atoms with Gasteiger partial charge in [-0.15, -0.1) is 0 Å². The topological polar surface area (TPSA) is 62.6 Å². The lowest BCUT2D eigenvalue weighted by Crippen LogP contribution is -2.39. The van der Waals surface area contributed by atoms with Gasteiger partial charge in [0.25, 0.3) is 5.91 Å². The lowest BCUT2D eigenvalue weighted by Gasteiger charge is -2.15. The van der Waals surface area contributed by atoms with Gasteiger partial charge < -0.3 is 14.6 Å². The molecule has 1 aromatic heterocycles. The van der Waals surface area contributed by atoms with Crippen LogP contribution in [0.2, 0.25) is 0 Å². The van der Waals surface area contributed by atoms with E-state index in [1.54, 1.807) is 6.07 Å². The monoisotopic (exact) mass is 248 g/mol. The van der Waals surface area contributed by atoms with Gasteiger partial charge in [-0.05, 0) is 24.8 Å². The number of furan rings is 1. The fourth-order valence-electron chi connectivity index (χ4n) is 2.87. The summed E-state index contributed by atoms with van der Waals surface area (Å²) in [5, 5.41) is 3.01. The Balaban J connectivity index is 1.71. The van der Waals surface area contributed by atoms with E-state index in [1.807, 2.05) is 4.90 Å². The molecule has 0 radical (unpaired) electrons. The molecule has 2 fully saturated rings. The third-order valence-electron chi connectivity index (χ3n) is 3.82. The summed E-state index contributed by atoms with van der Waals surface area (Å²) in [5.74, 6) is 0.499. The molecule has 0 bridgehead atoms. The van der Waals surface area contributed by atoms with Crippen LogP contribution in [0.1, 0.15) is 29.6 Å². The van der Waals surface area contributed by atoms with Gasteiger partial charge in [-0.1, -0.05) is 0 Å². The Morgan fingerprint density at radius 1 is 1.44 bits per heavy atom. The minimum Gasteiger partial charge on any atom is -0.472 e. The van der Waals surface area contributed by atoms with E-state index in [1.165, 1.54) is 12.5 Å². The van der Waals surface area contributed by atoms with Crippen molar-refractivity contribution in [3.8, 4) is 0 Å². The van der Waals surface area contributed by atoms with Crippen LogP contribution in [0.4, 0.5) is 0 Å². The van der Waals surface area contributed by atoms with Crippen molar-refractivity contribution in [3.63, 3.8) is 0 Å². The second kappa shape index (κ2) is 4.48. The third-order valence-corrected chi connectivity index (χ3v) is 3.82. The van der Waals surface area contributed by atoms with Gasteiger partial charge in [0.05, 0.1) is 17.9 Å². The molecule has 2 saturated heterocycles. The number of amides is 2. The molecule has 5 nitrogen and oxygen atoms in total. The standard InChI is InChI=1S/C13H16N2O3/c16-12-3-1-2-9-6-15(7-11(9)14-12)13(17)10-4-5-18-8-10/h4-5,8-9,11H,1-3,6-7H2,(H,14,16)/t9-,11+/m1/s1. The quantitative estimate of drug-likeness (QED) is 0.807. The molecule has 96 valence electrons. The lowest BCUT2D eigenvalue weighted by molar-refractivity contribution is -0.121. The number of likely N-dealkylation sites (tertiary alicyclic amines) is 1. The molecule has 1 aromatic rings. The maximum atomic E-state index is 12.2. The average molecular weight is 248 g/mol. The molecule has 5 heteroatoms. The molecule has 3 heterocycles. The SMILES string of the molecule is O=C1CCC[C@@H]2CN(C(=O)c3ccoc3)C[C@@H]2N1. The Labute approximate surface area is 105 Å². The molecule has 2 aliphatic heterocycles. The van der Waals surface area contributed by atoms with E-state index in [-0.39, 0.29) is 17.9 Å². The molecule has 0 aliphatic carbocycles. The highest BCUT2D eigenvalue weighted by Gasteiger charge is 2.37. The van der Waals surface area contributed by atoms with Crippen LogP contribution < -0.4 is 5.32 Å². The third kappa shape index (κ3) is 2.00. The van der Waals surface area contributed by atoms with Crippen LogP contribution in [0.3, 0.4) is 0 Å². The van der Waals surface area contributed by atoms with Crippen LogP contribution in [0.25, 0.3) is 0 Å². The van der Waals surface area contributed by atoms with Crippen LogP contribution in [-0.2, 0) is 4.79 Å². The predicted molar refractivity (Wildman–Crippen MR) is 63.9 cm³/mol. The molecule has 2 amide bonds. The van der Waals surface area contributed by atoms with Crippen molar-refractivity contribution in [2.45, 2.75) is 25.3 Å². The number of carbonyl (C=O) groups is 2. The second-order valence-corrected chi connectivity index (χ2v) is 5.05. The minimum atomic E-state index is -0.00827. The fraction of sp³-hybridized carbons (Fsp3) is 0.538. The van der Waals surface area contributed by atoms with Crippen LogP contribution in [0, 0.1) is 5.92 Å². The van der Waals surface area contributed by atoms with Crippen molar-refractivity contribution < 1.29 is 14.0 Å². The van der Waals surface area contributed by atoms with Crippen molar-refractivity contribution in [3.05, 3.63) is 24.2 Å². The molecular formula is C13H16N2O3. The Hall–Kier alpha value is -1.78. The van der Waals surface area contributed by atoms with Gasteiger partial charge in [-0.3, -0.25) is 9.59 Å². The van der Waals surface area contributed by atoms with Gasteiger partial charge in [-0.2, -0.15) is 0 Å². The van der Waals surface area contributed by atoms with Gasteiger partial charge in [0.15, 0.2) is 0 Å². The van der Waals surface area contributed by atoms with Crippen molar-refractivity contribution >= 4 is 11.8 Å². The summed E-state index contributed by atoms with van der Waals surface area (Å²) in [7, 11) is 0. The van der Waals surface area contributed by atoms with E-state index in [0.29, 0.717) is 24.4 Å². The Bertz CT molecular complexity index is 455. The fourth-order valence-corrected chi connectivity index (χ4v) is 2.87. The normalized spacial score (nSPS) is 27.6. The van der Waals surface area contributed by atoms with E-state index in [9.17, 15) is 9.59 Å². The highest BCUT2D eigenvalue weighted by Crippen LogP contribution is 2.26. The van der Waals surface area contributed by atoms with Gasteiger partial charge in [0.1, 0.15) is 6.26 Å². The van der Waals surface area contributed by atoms with E-state index >= 15 is 0 Å². The van der Waals surface area contributed by atoms with E-state index in [0.717, 1.165) is 19.4 Å². The first-order valence-electron chi connectivity index (χ1n) is 6.35. The summed E-state index contributed by atoms with van der Waals surface area (Å²) >= 11 is 0. The summed E-state index contributed by atoms with van der Waals surface area (Å²) in [4.78, 5) is 25.5. The number of carbonyl (C=O) groups excluding carboxylic acids is 2. The zero-order chi connectivity index (χ0) is 12.5. The van der Waals surface area contributed by atoms with Crippen molar-refractivity contribution in [1.29, 1.82) is 0 Å². The lowest BCUT2D eigenvalue weighted by atomic mass is 9.99. The Morgan fingerprint density at radius 3 is 3.11 bits per heavy atom. The zero-order valence-corrected chi connectivity index (χ0v) is 10.1. The predicted octanol–water partition coefficient (Wildman–Crippen LogP) is 1.02. The smallest absolute Gasteiger partial charge is 0.257 e. The van der Waals surface area contributed by atoms with Crippen molar-refractivity contribution in [1.82, 2.24) is 10.2 Å². The summed E-state index contributed by atoms with van der Waals surface area (Å²) in [5.41, 5.74) is 0.581. The van der Waals surface area contributed by atoms with Crippen LogP contribution in [0.5, 0.6) is 0 Å². The number of fused-ring (bicyclic) bond motifs is 1. The molecule has 2 aliphatic rings. The molecule has 0 aromatic carbocycles. The molecule has 2 atom stereocenters. The number of rotatable bonds is 1. The van der Waals surface area contributed by atoms with E-state index in [2.05, 4.69) is 5.32 Å². The van der Waals surface area contributed by atoms with Gasteiger partial charge in [0.2, 0.25) is 5.91 Å². The van der Waals surface area contributed by atoms with Crippen LogP contribution in [-0.4, -0.2) is 35.8 Å². The van der Waals surface area contributed by atoms with Crippen molar-refractivity contribution in [2.24, 2.45) is 5.92 Å². The molecule has 18 heavy (non-hydrogen) atoms. The molecule has 1 N–H and O–H groups in total. The molecule has 0 unspecified atom stereocenters. The molecular weight excluding hydrogens is 232 g/mol. The summed E-state index contributed by atoms with van der Waals surface area (Å²) < 4.78 is 4.93. The number of nitrogens with one attached hydrogen (secondary N) is 1. The number of hydrogen-bond donors (Lipinski definition) is 1. The van der Waals surface area contributed by atoms with Crippen LogP contribution >= 0.6 is 0 Å². The molecule has 3 rings (SSSR count). The second-order valence-electron chi connectivity index (χ2n) is 5.05. The van der Waals surface area contributed by atoms with Crippen LogP contribution in [0.15, 0.2) is 23.0 Å². The maximum absolute atomic E-state index is 12.2. The number of hydrogen-bond acceptors (Lipinski definition) is 3. The van der Waals surface area contributed by atoms with Gasteiger partial charge >= 0.3 is 0 Å². The minimum absolute atomic E-state index is 0.00827. The first kappa shape index (κ1) is 11.3. The first-order chi connectivity index (χ1) is 8.74. The van der Waals surface area contributed by atoms with E-state index < -0.39 is 0 Å². The largest absolute Gasteiger partial charge is 0.472 e. The average Bonchev–Trinajstić information content (AvgIpc) is 2.96. The van der Waals surface area contributed by atoms with Crippen molar-refractivity contribution in [2.75, 3.05) is 13.1 Å². The number of nitrogens with zero attached hydrogens (tertiary/aromatic N) is 1. The van der Waals surface area contributed by atoms with Gasteiger partial charge in [-0.25, -0.2) is 0 Å². The Morgan fingerprint density at radius 2 is 2.33 bits per heavy atom. The van der Waals surface area contributed by atoms with E-state index in [4.69, 9.17) is 4.42 Å². The molecule has 0 spiro atoms.